The third kappa shape index (κ3) is 4.08. The number of ether oxygens (including phenoxy) is 2. The number of rotatable bonds is 6. The second-order valence-corrected chi connectivity index (χ2v) is 6.81. The fraction of sp³-hybridized carbons (Fsp3) is 0.632. The monoisotopic (exact) mass is 332 g/mol. The molecule has 0 spiro atoms. The lowest BCUT2D eigenvalue weighted by Crippen LogP contribution is -2.40. The molecule has 2 fully saturated rings. The molecule has 0 saturated carbocycles. The molecule has 0 bridgehead atoms. The first-order chi connectivity index (χ1) is 11.7. The lowest BCUT2D eigenvalue weighted by atomic mass is 10.1. The van der Waals surface area contributed by atoms with Crippen molar-refractivity contribution in [2.24, 2.45) is 0 Å². The minimum absolute atomic E-state index is 0.0448. The second kappa shape index (κ2) is 7.99. The van der Waals surface area contributed by atoms with Gasteiger partial charge in [-0.1, -0.05) is 6.07 Å². The maximum absolute atomic E-state index is 12.8. The van der Waals surface area contributed by atoms with Crippen LogP contribution in [-0.4, -0.2) is 49.8 Å². The Hall–Kier alpha value is -1.59. The number of carbonyl (C=O) groups is 1. The van der Waals surface area contributed by atoms with Gasteiger partial charge in [-0.2, -0.15) is 0 Å². The fourth-order valence-electron chi connectivity index (χ4n) is 3.71. The van der Waals surface area contributed by atoms with Gasteiger partial charge in [-0.3, -0.25) is 9.69 Å². The fourth-order valence-corrected chi connectivity index (χ4v) is 3.71. The van der Waals surface area contributed by atoms with E-state index in [4.69, 9.17) is 9.47 Å². The summed E-state index contributed by atoms with van der Waals surface area (Å²) in [5.41, 5.74) is 1.86. The highest BCUT2D eigenvalue weighted by Gasteiger charge is 2.31. The smallest absolute Gasteiger partial charge is 0.241 e. The Balaban J connectivity index is 1.59. The molecule has 2 saturated heterocycles. The van der Waals surface area contributed by atoms with E-state index in [1.807, 2.05) is 25.1 Å². The van der Waals surface area contributed by atoms with E-state index < -0.39 is 0 Å². The zero-order chi connectivity index (χ0) is 16.9. The highest BCUT2D eigenvalue weighted by Crippen LogP contribution is 2.27. The van der Waals surface area contributed by atoms with Crippen molar-refractivity contribution in [1.29, 1.82) is 0 Å². The van der Waals surface area contributed by atoms with Crippen LogP contribution in [0.25, 0.3) is 0 Å². The van der Waals surface area contributed by atoms with Crippen LogP contribution >= 0.6 is 0 Å². The summed E-state index contributed by atoms with van der Waals surface area (Å²) in [6.07, 6.45) is 5.73. The van der Waals surface area contributed by atoms with Crippen molar-refractivity contribution in [1.82, 2.24) is 4.90 Å². The molecular formula is C19H28N2O3. The number of nitrogens with zero attached hydrogens (tertiary/aromatic N) is 1. The van der Waals surface area contributed by atoms with Crippen LogP contribution in [0.15, 0.2) is 18.2 Å². The summed E-state index contributed by atoms with van der Waals surface area (Å²) >= 11 is 0. The molecule has 2 aliphatic heterocycles. The van der Waals surface area contributed by atoms with Gasteiger partial charge >= 0.3 is 0 Å². The zero-order valence-corrected chi connectivity index (χ0v) is 14.7. The van der Waals surface area contributed by atoms with E-state index in [2.05, 4.69) is 10.2 Å². The third-order valence-corrected chi connectivity index (χ3v) is 5.04. The summed E-state index contributed by atoms with van der Waals surface area (Å²) in [4.78, 5) is 15.1. The van der Waals surface area contributed by atoms with Gasteiger partial charge in [-0.05, 0) is 63.3 Å². The standard InChI is InChI=1S/C19H28N2O3/c1-14-7-8-18(23-2)16(13-14)20-19(22)17-6-3-10-21(17)11-9-15-5-4-12-24-15/h7-8,13,15,17H,3-6,9-12H2,1-2H3,(H,20,22)/t15-,17-/m1/s1. The Morgan fingerprint density at radius 2 is 2.25 bits per heavy atom. The summed E-state index contributed by atoms with van der Waals surface area (Å²) in [6, 6.07) is 5.80. The van der Waals surface area contributed by atoms with Gasteiger partial charge in [-0.15, -0.1) is 0 Å². The minimum atomic E-state index is -0.0448. The average Bonchev–Trinajstić information content (AvgIpc) is 3.24. The molecule has 1 N–H and O–H groups in total. The van der Waals surface area contributed by atoms with Gasteiger partial charge in [0.25, 0.3) is 0 Å². The molecule has 0 radical (unpaired) electrons. The third-order valence-electron chi connectivity index (χ3n) is 5.04. The SMILES string of the molecule is COc1ccc(C)cc1NC(=O)[C@H]1CCCN1CC[C@H]1CCCO1. The van der Waals surface area contributed by atoms with E-state index in [9.17, 15) is 4.79 Å². The van der Waals surface area contributed by atoms with E-state index in [1.54, 1.807) is 7.11 Å². The largest absolute Gasteiger partial charge is 0.495 e. The van der Waals surface area contributed by atoms with E-state index in [1.165, 1.54) is 6.42 Å². The number of amides is 1. The lowest BCUT2D eigenvalue weighted by molar-refractivity contribution is -0.120. The normalized spacial score (nSPS) is 24.2. The summed E-state index contributed by atoms with van der Waals surface area (Å²) in [5, 5.41) is 3.07. The van der Waals surface area contributed by atoms with Crippen molar-refractivity contribution < 1.29 is 14.3 Å². The van der Waals surface area contributed by atoms with Gasteiger partial charge in [0.2, 0.25) is 5.91 Å². The second-order valence-electron chi connectivity index (χ2n) is 6.81. The number of nitrogens with one attached hydrogen (secondary N) is 1. The van der Waals surface area contributed by atoms with Crippen molar-refractivity contribution in [2.75, 3.05) is 32.1 Å². The van der Waals surface area contributed by atoms with Gasteiger partial charge in [0.1, 0.15) is 5.75 Å². The molecule has 132 valence electrons. The molecule has 2 aliphatic rings. The molecule has 2 atom stereocenters. The molecule has 5 nitrogen and oxygen atoms in total. The summed E-state index contributed by atoms with van der Waals surface area (Å²) in [5.74, 6) is 0.779. The molecule has 1 amide bonds. The topological polar surface area (TPSA) is 50.8 Å². The molecule has 5 heteroatoms. The van der Waals surface area contributed by atoms with Crippen LogP contribution in [0.1, 0.15) is 37.7 Å². The van der Waals surface area contributed by atoms with Crippen molar-refractivity contribution in [3.63, 3.8) is 0 Å². The Morgan fingerprint density at radius 3 is 3.00 bits per heavy atom. The number of methoxy groups -OCH3 is 1. The Morgan fingerprint density at radius 1 is 1.38 bits per heavy atom. The minimum Gasteiger partial charge on any atom is -0.495 e. The van der Waals surface area contributed by atoms with E-state index in [-0.39, 0.29) is 11.9 Å². The predicted octanol–water partition coefficient (Wildman–Crippen LogP) is 2.98. The number of carbonyl (C=O) groups excluding carboxylic acids is 1. The number of hydrogen-bond acceptors (Lipinski definition) is 4. The van der Waals surface area contributed by atoms with Crippen LogP contribution in [0, 0.1) is 6.92 Å². The van der Waals surface area contributed by atoms with Gasteiger partial charge in [-0.25, -0.2) is 0 Å². The highest BCUT2D eigenvalue weighted by atomic mass is 16.5. The van der Waals surface area contributed by atoms with Gasteiger partial charge in [0.05, 0.1) is 24.9 Å². The number of likely N-dealkylation sites (tertiary alicyclic amines) is 1. The van der Waals surface area contributed by atoms with E-state index in [0.29, 0.717) is 11.9 Å². The maximum atomic E-state index is 12.8. The summed E-state index contributed by atoms with van der Waals surface area (Å²) in [7, 11) is 1.63. The number of hydrogen-bond donors (Lipinski definition) is 1. The molecule has 24 heavy (non-hydrogen) atoms. The van der Waals surface area contributed by atoms with Crippen LogP contribution in [0.3, 0.4) is 0 Å². The Bertz CT molecular complexity index is 570. The quantitative estimate of drug-likeness (QED) is 0.870. The van der Waals surface area contributed by atoms with Gasteiger partial charge < -0.3 is 14.8 Å². The first-order valence-electron chi connectivity index (χ1n) is 8.98. The van der Waals surface area contributed by atoms with Gasteiger partial charge in [0, 0.05) is 13.2 Å². The maximum Gasteiger partial charge on any atom is 0.241 e. The van der Waals surface area contributed by atoms with Crippen LogP contribution in [-0.2, 0) is 9.53 Å². The highest BCUT2D eigenvalue weighted by molar-refractivity contribution is 5.96. The molecule has 2 heterocycles. The summed E-state index contributed by atoms with van der Waals surface area (Å²) in [6.45, 7) is 4.84. The van der Waals surface area contributed by atoms with Crippen molar-refractivity contribution in [3.8, 4) is 5.75 Å². The predicted molar refractivity (Wildman–Crippen MR) is 94.5 cm³/mol. The Kier molecular flexibility index (Phi) is 5.74. The van der Waals surface area contributed by atoms with Crippen molar-refractivity contribution in [2.45, 2.75) is 51.2 Å². The molecule has 0 aromatic heterocycles. The van der Waals surface area contributed by atoms with Crippen LogP contribution in [0.5, 0.6) is 5.75 Å². The van der Waals surface area contributed by atoms with Crippen LogP contribution in [0.2, 0.25) is 0 Å². The number of benzene rings is 1. The van der Waals surface area contributed by atoms with Crippen molar-refractivity contribution in [3.05, 3.63) is 23.8 Å². The van der Waals surface area contributed by atoms with Crippen molar-refractivity contribution >= 4 is 11.6 Å². The van der Waals surface area contributed by atoms with E-state index >= 15 is 0 Å². The number of anilines is 1. The molecule has 0 aliphatic carbocycles. The van der Waals surface area contributed by atoms with Crippen LogP contribution in [0.4, 0.5) is 5.69 Å². The van der Waals surface area contributed by atoms with Gasteiger partial charge in [0.15, 0.2) is 0 Å². The summed E-state index contributed by atoms with van der Waals surface area (Å²) < 4.78 is 11.1. The molecule has 3 rings (SSSR count). The molecule has 0 unspecified atom stereocenters. The average molecular weight is 332 g/mol. The first-order valence-corrected chi connectivity index (χ1v) is 8.98. The molecular weight excluding hydrogens is 304 g/mol. The van der Waals surface area contributed by atoms with E-state index in [0.717, 1.165) is 56.6 Å². The lowest BCUT2D eigenvalue weighted by Gasteiger charge is -2.25. The zero-order valence-electron chi connectivity index (χ0n) is 14.7. The van der Waals surface area contributed by atoms with Crippen LogP contribution < -0.4 is 10.1 Å². The Labute approximate surface area is 144 Å². The number of aryl methyl sites for hydroxylation is 1. The first kappa shape index (κ1) is 17.2. The molecule has 1 aromatic rings. The molecule has 1 aromatic carbocycles.